The van der Waals surface area contributed by atoms with Gasteiger partial charge < -0.3 is 20.5 Å². The molecule has 0 fully saturated rings. The molecule has 0 spiro atoms. The summed E-state index contributed by atoms with van der Waals surface area (Å²) in [6.45, 7) is 2.29. The van der Waals surface area contributed by atoms with Crippen LogP contribution in [0.25, 0.3) is 0 Å². The molecule has 2 aromatic rings. The Labute approximate surface area is 176 Å². The zero-order valence-corrected chi connectivity index (χ0v) is 17.2. The first kappa shape index (κ1) is 23.5. The molecule has 0 bridgehead atoms. The lowest BCUT2D eigenvalue weighted by molar-refractivity contribution is -0.274. The lowest BCUT2D eigenvalue weighted by Gasteiger charge is -2.10. The molecule has 0 unspecified atom stereocenters. The number of alkyl halides is 3. The molecule has 152 valence electrons. The van der Waals surface area contributed by atoms with Crippen LogP contribution in [0.15, 0.2) is 53.5 Å². The number of aliphatic imine (C=N–C) groups is 1. The second kappa shape index (κ2) is 10.7. The van der Waals surface area contributed by atoms with E-state index in [2.05, 4.69) is 15.0 Å². The van der Waals surface area contributed by atoms with Gasteiger partial charge in [0.05, 0.1) is 18.7 Å². The van der Waals surface area contributed by atoms with Crippen molar-refractivity contribution >= 4 is 41.6 Å². The fraction of sp³-hybridized carbons (Fsp3) is 0.222. The van der Waals surface area contributed by atoms with Crippen LogP contribution in [-0.4, -0.2) is 24.9 Å². The summed E-state index contributed by atoms with van der Waals surface area (Å²) >= 11 is 0. The summed E-state index contributed by atoms with van der Waals surface area (Å²) < 4.78 is 45.0. The van der Waals surface area contributed by atoms with Crippen LogP contribution in [0, 0.1) is 0 Å². The Morgan fingerprint density at radius 1 is 1.11 bits per heavy atom. The molecule has 0 amide bonds. The summed E-state index contributed by atoms with van der Waals surface area (Å²) in [6, 6.07) is 11.8. The fourth-order valence-corrected chi connectivity index (χ4v) is 2.06. The highest BCUT2D eigenvalue weighted by Gasteiger charge is 2.30. The minimum absolute atomic E-state index is 0. The Bertz CT molecular complexity index is 794. The molecule has 0 aromatic heterocycles. The molecule has 10 heteroatoms. The lowest BCUT2D eigenvalue weighted by atomic mass is 10.1. The number of nitrogens with zero attached hydrogens (tertiary/aromatic N) is 1. The number of carbonyl (C=O) groups excluding carboxylic acids is 1. The van der Waals surface area contributed by atoms with Gasteiger partial charge in [0.1, 0.15) is 5.75 Å². The van der Waals surface area contributed by atoms with Crippen molar-refractivity contribution in [1.82, 2.24) is 0 Å². The first-order chi connectivity index (χ1) is 12.8. The highest BCUT2D eigenvalue weighted by molar-refractivity contribution is 14.0. The molecule has 28 heavy (non-hydrogen) atoms. The molecule has 6 nitrogen and oxygen atoms in total. The standard InChI is InChI=1S/C18H18F3N3O3.HI/c1-2-26-16(25)13-5-3-12(4-6-13)11-23-17(22)24-14-7-9-15(10-8-14)27-18(19,20)21;/h3-10H,2,11H2,1H3,(H3,22,23,24);1H. The van der Waals surface area contributed by atoms with E-state index in [9.17, 15) is 18.0 Å². The van der Waals surface area contributed by atoms with Gasteiger partial charge in [0.15, 0.2) is 5.96 Å². The molecule has 0 aliphatic rings. The van der Waals surface area contributed by atoms with Crippen molar-refractivity contribution in [2.75, 3.05) is 11.9 Å². The quantitative estimate of drug-likeness (QED) is 0.263. The third kappa shape index (κ3) is 8.03. The number of esters is 1. The second-order valence-electron chi connectivity index (χ2n) is 5.32. The smallest absolute Gasteiger partial charge is 0.462 e. The minimum atomic E-state index is -4.74. The van der Waals surface area contributed by atoms with E-state index < -0.39 is 12.3 Å². The van der Waals surface area contributed by atoms with Gasteiger partial charge in [0.25, 0.3) is 0 Å². The number of hydrogen-bond acceptors (Lipinski definition) is 4. The SMILES string of the molecule is CCOC(=O)c1ccc(CN=C(N)Nc2ccc(OC(F)(F)F)cc2)cc1.I. The largest absolute Gasteiger partial charge is 0.573 e. The molecule has 0 saturated carbocycles. The third-order valence-electron chi connectivity index (χ3n) is 3.26. The van der Waals surface area contributed by atoms with E-state index in [1.165, 1.54) is 12.1 Å². The lowest BCUT2D eigenvalue weighted by Crippen LogP contribution is -2.22. The molecule has 2 rings (SSSR count). The zero-order valence-electron chi connectivity index (χ0n) is 14.8. The van der Waals surface area contributed by atoms with E-state index in [1.807, 2.05) is 0 Å². The van der Waals surface area contributed by atoms with Crippen molar-refractivity contribution in [2.45, 2.75) is 19.8 Å². The Hall–Kier alpha value is -2.50. The van der Waals surface area contributed by atoms with E-state index in [1.54, 1.807) is 31.2 Å². The average molecular weight is 509 g/mol. The maximum atomic E-state index is 12.1. The van der Waals surface area contributed by atoms with Crippen molar-refractivity contribution in [2.24, 2.45) is 10.7 Å². The van der Waals surface area contributed by atoms with Gasteiger partial charge in [0, 0.05) is 5.69 Å². The van der Waals surface area contributed by atoms with Gasteiger partial charge in [-0.25, -0.2) is 9.79 Å². The van der Waals surface area contributed by atoms with Crippen molar-refractivity contribution in [3.8, 4) is 5.75 Å². The van der Waals surface area contributed by atoms with E-state index in [-0.39, 0.29) is 42.2 Å². The molecular formula is C18H19F3IN3O3. The van der Waals surface area contributed by atoms with Crippen LogP contribution in [0.3, 0.4) is 0 Å². The molecule has 0 aliphatic carbocycles. The summed E-state index contributed by atoms with van der Waals surface area (Å²) in [5, 5.41) is 2.77. The van der Waals surface area contributed by atoms with Crippen molar-refractivity contribution in [3.63, 3.8) is 0 Å². The van der Waals surface area contributed by atoms with Crippen molar-refractivity contribution in [1.29, 1.82) is 0 Å². The van der Waals surface area contributed by atoms with Crippen LogP contribution < -0.4 is 15.8 Å². The highest BCUT2D eigenvalue weighted by atomic mass is 127. The molecule has 0 radical (unpaired) electrons. The van der Waals surface area contributed by atoms with Gasteiger partial charge in [-0.3, -0.25) is 0 Å². The second-order valence-corrected chi connectivity index (χ2v) is 5.32. The number of nitrogens with one attached hydrogen (secondary N) is 1. The van der Waals surface area contributed by atoms with E-state index in [4.69, 9.17) is 10.5 Å². The van der Waals surface area contributed by atoms with Crippen LogP contribution in [-0.2, 0) is 11.3 Å². The highest BCUT2D eigenvalue weighted by Crippen LogP contribution is 2.23. The predicted molar refractivity (Wildman–Crippen MR) is 110 cm³/mol. The Morgan fingerprint density at radius 3 is 2.25 bits per heavy atom. The average Bonchev–Trinajstić information content (AvgIpc) is 2.61. The van der Waals surface area contributed by atoms with Crippen LogP contribution in [0.4, 0.5) is 18.9 Å². The first-order valence-corrected chi connectivity index (χ1v) is 7.95. The van der Waals surface area contributed by atoms with Crippen molar-refractivity contribution in [3.05, 3.63) is 59.7 Å². The molecule has 0 heterocycles. The van der Waals surface area contributed by atoms with Crippen molar-refractivity contribution < 1.29 is 27.4 Å². The number of rotatable bonds is 6. The summed E-state index contributed by atoms with van der Waals surface area (Å²) in [5.74, 6) is -0.633. The predicted octanol–water partition coefficient (Wildman–Crippen LogP) is 4.31. The summed E-state index contributed by atoms with van der Waals surface area (Å²) in [6.07, 6.45) is -4.74. The van der Waals surface area contributed by atoms with Gasteiger partial charge >= 0.3 is 12.3 Å². The van der Waals surface area contributed by atoms with Gasteiger partial charge in [-0.2, -0.15) is 0 Å². The monoisotopic (exact) mass is 509 g/mol. The van der Waals surface area contributed by atoms with Gasteiger partial charge in [-0.05, 0) is 48.9 Å². The normalized spacial score (nSPS) is 11.4. The van der Waals surface area contributed by atoms with E-state index in [0.717, 1.165) is 17.7 Å². The molecule has 0 aliphatic heterocycles. The topological polar surface area (TPSA) is 85.9 Å². The minimum Gasteiger partial charge on any atom is -0.462 e. The van der Waals surface area contributed by atoms with Gasteiger partial charge in [-0.15, -0.1) is 37.1 Å². The summed E-state index contributed by atoms with van der Waals surface area (Å²) in [7, 11) is 0. The Morgan fingerprint density at radius 2 is 1.71 bits per heavy atom. The Kier molecular flexibility index (Phi) is 9.03. The number of hydrogen-bond donors (Lipinski definition) is 2. The van der Waals surface area contributed by atoms with Crippen LogP contribution >= 0.6 is 24.0 Å². The number of nitrogens with two attached hydrogens (primary N) is 1. The number of guanidine groups is 1. The van der Waals surface area contributed by atoms with Gasteiger partial charge in [-0.1, -0.05) is 12.1 Å². The number of anilines is 1. The number of ether oxygens (including phenoxy) is 2. The van der Waals surface area contributed by atoms with E-state index in [0.29, 0.717) is 17.9 Å². The van der Waals surface area contributed by atoms with Gasteiger partial charge in [0.2, 0.25) is 0 Å². The first-order valence-electron chi connectivity index (χ1n) is 7.95. The Balaban J connectivity index is 0.00000392. The zero-order chi connectivity index (χ0) is 19.9. The fourth-order valence-electron chi connectivity index (χ4n) is 2.06. The summed E-state index contributed by atoms with van der Waals surface area (Å²) in [4.78, 5) is 15.7. The number of carbonyl (C=O) groups is 1. The van der Waals surface area contributed by atoms with Crippen LogP contribution in [0.5, 0.6) is 5.75 Å². The molecular weight excluding hydrogens is 490 g/mol. The van der Waals surface area contributed by atoms with E-state index >= 15 is 0 Å². The van der Waals surface area contributed by atoms with Crippen LogP contribution in [0.1, 0.15) is 22.8 Å². The third-order valence-corrected chi connectivity index (χ3v) is 3.26. The van der Waals surface area contributed by atoms with Crippen LogP contribution in [0.2, 0.25) is 0 Å². The number of benzene rings is 2. The molecule has 0 atom stereocenters. The number of halogens is 4. The summed E-state index contributed by atoms with van der Waals surface area (Å²) in [5.41, 5.74) is 7.49. The molecule has 2 aromatic carbocycles. The molecule has 0 saturated heterocycles. The maximum absolute atomic E-state index is 12.1. The maximum Gasteiger partial charge on any atom is 0.573 e. The molecule has 3 N–H and O–H groups in total.